The molecule has 3 aromatic rings. The van der Waals surface area contributed by atoms with Crippen LogP contribution in [0.3, 0.4) is 0 Å². The number of hydrogen-bond acceptors (Lipinski definition) is 4. The number of fused-ring (bicyclic) bond motifs is 1. The molecule has 0 aliphatic heterocycles. The molecule has 6 nitrogen and oxygen atoms in total. The summed E-state index contributed by atoms with van der Waals surface area (Å²) in [5.41, 5.74) is 0.785. The molecule has 0 radical (unpaired) electrons. The molecule has 1 aromatic heterocycles. The molecule has 2 N–H and O–H groups in total. The molecule has 0 aliphatic rings. The predicted octanol–water partition coefficient (Wildman–Crippen LogP) is 3.37. The summed E-state index contributed by atoms with van der Waals surface area (Å²) < 4.78 is 30.9. The van der Waals surface area contributed by atoms with Gasteiger partial charge in [0.05, 0.1) is 10.9 Å². The van der Waals surface area contributed by atoms with Crippen molar-refractivity contribution in [3.05, 3.63) is 69.2 Å². The highest BCUT2D eigenvalue weighted by molar-refractivity contribution is 7.71. The molecule has 0 fully saturated rings. The van der Waals surface area contributed by atoms with Gasteiger partial charge in [-0.05, 0) is 30.4 Å². The van der Waals surface area contributed by atoms with Gasteiger partial charge in [0.15, 0.2) is 4.77 Å². The highest BCUT2D eigenvalue weighted by Gasteiger charge is 2.11. The molecular formula is C19H17F2N3O3S. The average Bonchev–Trinajstić information content (AvgIpc) is 2.66. The number of ether oxygens (including phenoxy) is 1. The average molecular weight is 405 g/mol. The second-order valence-corrected chi connectivity index (χ2v) is 6.33. The van der Waals surface area contributed by atoms with E-state index in [0.717, 1.165) is 0 Å². The first-order valence-electron chi connectivity index (χ1n) is 8.47. The molecule has 2 aromatic carbocycles. The molecule has 0 aliphatic carbocycles. The van der Waals surface area contributed by atoms with E-state index in [9.17, 15) is 18.4 Å². The maximum atomic E-state index is 12.5. The lowest BCUT2D eigenvalue weighted by atomic mass is 10.2. The van der Waals surface area contributed by atoms with Gasteiger partial charge >= 0.3 is 6.61 Å². The highest BCUT2D eigenvalue weighted by atomic mass is 32.1. The van der Waals surface area contributed by atoms with Gasteiger partial charge < -0.3 is 15.0 Å². The number of hydrogen-bond donors (Lipinski definition) is 2. The SMILES string of the molecule is O=C(CCn1c(=S)[nH]c2ccccc2c1=O)NCc1ccccc1OC(F)F. The van der Waals surface area contributed by atoms with Crippen molar-refractivity contribution in [1.82, 2.24) is 14.9 Å². The number of carbonyl (C=O) groups is 1. The van der Waals surface area contributed by atoms with Crippen LogP contribution in [0.1, 0.15) is 12.0 Å². The number of alkyl halides is 2. The summed E-state index contributed by atoms with van der Waals surface area (Å²) in [5.74, 6) is -0.340. The van der Waals surface area contributed by atoms with Crippen LogP contribution in [0.2, 0.25) is 0 Å². The van der Waals surface area contributed by atoms with Gasteiger partial charge in [-0.25, -0.2) is 0 Å². The molecule has 0 atom stereocenters. The number of rotatable bonds is 7. The first-order valence-corrected chi connectivity index (χ1v) is 8.88. The minimum atomic E-state index is -2.95. The summed E-state index contributed by atoms with van der Waals surface area (Å²) in [6.45, 7) is -2.82. The third-order valence-corrected chi connectivity index (χ3v) is 4.44. The van der Waals surface area contributed by atoms with Crippen LogP contribution in [0.4, 0.5) is 8.78 Å². The van der Waals surface area contributed by atoms with Crippen molar-refractivity contribution in [2.75, 3.05) is 0 Å². The largest absolute Gasteiger partial charge is 0.434 e. The predicted molar refractivity (Wildman–Crippen MR) is 103 cm³/mol. The van der Waals surface area contributed by atoms with Crippen LogP contribution in [-0.4, -0.2) is 22.1 Å². The topological polar surface area (TPSA) is 76.1 Å². The first kappa shape index (κ1) is 19.7. The summed E-state index contributed by atoms with van der Waals surface area (Å²) in [7, 11) is 0. The molecule has 28 heavy (non-hydrogen) atoms. The molecule has 1 heterocycles. The Balaban J connectivity index is 1.65. The minimum absolute atomic E-state index is 0.00555. The quantitative estimate of drug-likeness (QED) is 0.591. The Kier molecular flexibility index (Phi) is 6.15. The maximum absolute atomic E-state index is 12.5. The Hall–Kier alpha value is -3.07. The van der Waals surface area contributed by atoms with Gasteiger partial charge in [0, 0.05) is 25.1 Å². The first-order chi connectivity index (χ1) is 13.5. The zero-order valence-corrected chi connectivity index (χ0v) is 15.5. The number of amides is 1. The summed E-state index contributed by atoms with van der Waals surface area (Å²) >= 11 is 5.21. The lowest BCUT2D eigenvalue weighted by molar-refractivity contribution is -0.121. The Morgan fingerprint density at radius 3 is 2.68 bits per heavy atom. The lowest BCUT2D eigenvalue weighted by Crippen LogP contribution is -2.28. The monoisotopic (exact) mass is 405 g/mol. The third kappa shape index (κ3) is 4.61. The number of H-pyrrole nitrogens is 1. The number of benzene rings is 2. The van der Waals surface area contributed by atoms with E-state index in [4.69, 9.17) is 12.2 Å². The van der Waals surface area contributed by atoms with Crippen molar-refractivity contribution in [3.8, 4) is 5.75 Å². The Morgan fingerprint density at radius 1 is 1.18 bits per heavy atom. The molecule has 0 unspecified atom stereocenters. The smallest absolute Gasteiger partial charge is 0.387 e. The number of carbonyl (C=O) groups excluding carboxylic acids is 1. The second kappa shape index (κ2) is 8.75. The van der Waals surface area contributed by atoms with Crippen molar-refractivity contribution in [2.24, 2.45) is 0 Å². The van der Waals surface area contributed by atoms with Crippen molar-refractivity contribution >= 4 is 29.0 Å². The molecule has 0 bridgehead atoms. The summed E-state index contributed by atoms with van der Waals surface area (Å²) in [4.78, 5) is 27.7. The summed E-state index contributed by atoms with van der Waals surface area (Å²) in [6.07, 6.45) is 0.00754. The number of aromatic amines is 1. The van der Waals surface area contributed by atoms with E-state index >= 15 is 0 Å². The fourth-order valence-electron chi connectivity index (χ4n) is 2.76. The van der Waals surface area contributed by atoms with Crippen LogP contribution in [-0.2, 0) is 17.9 Å². The molecule has 0 spiro atoms. The van der Waals surface area contributed by atoms with Crippen molar-refractivity contribution in [2.45, 2.75) is 26.1 Å². The second-order valence-electron chi connectivity index (χ2n) is 5.95. The molecule has 0 saturated heterocycles. The standard InChI is InChI=1S/C19H17F2N3O3S/c20-18(21)27-15-8-4-1-5-12(15)11-22-16(25)9-10-24-17(26)13-6-2-3-7-14(13)23-19(24)28/h1-8,18H,9-11H2,(H,22,25)(H,23,28). The fraction of sp³-hybridized carbons (Fsp3) is 0.211. The molecular weight excluding hydrogens is 388 g/mol. The van der Waals surface area contributed by atoms with Gasteiger partial charge in [0.25, 0.3) is 5.56 Å². The van der Waals surface area contributed by atoms with Gasteiger partial charge in [-0.15, -0.1) is 0 Å². The minimum Gasteiger partial charge on any atom is -0.434 e. The van der Waals surface area contributed by atoms with Gasteiger partial charge in [-0.3, -0.25) is 14.2 Å². The van der Waals surface area contributed by atoms with Crippen LogP contribution >= 0.6 is 12.2 Å². The zero-order chi connectivity index (χ0) is 20.1. The van der Waals surface area contributed by atoms with Gasteiger partial charge in [0.1, 0.15) is 5.75 Å². The molecule has 9 heteroatoms. The number of halogens is 2. The van der Waals surface area contributed by atoms with Crippen LogP contribution in [0.15, 0.2) is 53.3 Å². The number of para-hydroxylation sites is 2. The van der Waals surface area contributed by atoms with Crippen LogP contribution in [0.5, 0.6) is 5.75 Å². The van der Waals surface area contributed by atoms with Crippen molar-refractivity contribution < 1.29 is 18.3 Å². The summed E-state index contributed by atoms with van der Waals surface area (Å²) in [5, 5.41) is 3.12. The third-order valence-electron chi connectivity index (χ3n) is 4.12. The Labute approximate surface area is 163 Å². The van der Waals surface area contributed by atoms with E-state index in [0.29, 0.717) is 16.5 Å². The molecule has 1 amide bonds. The highest BCUT2D eigenvalue weighted by Crippen LogP contribution is 2.20. The van der Waals surface area contributed by atoms with E-state index in [2.05, 4.69) is 15.0 Å². The molecule has 146 valence electrons. The number of nitrogens with zero attached hydrogens (tertiary/aromatic N) is 1. The molecule has 0 saturated carbocycles. The van der Waals surface area contributed by atoms with Crippen molar-refractivity contribution in [3.63, 3.8) is 0 Å². The molecule has 3 rings (SSSR count). The van der Waals surface area contributed by atoms with E-state index in [1.54, 1.807) is 42.5 Å². The van der Waals surface area contributed by atoms with E-state index in [1.165, 1.54) is 10.6 Å². The number of nitrogens with one attached hydrogen (secondary N) is 2. The van der Waals surface area contributed by atoms with Gasteiger partial charge in [0.2, 0.25) is 5.91 Å². The lowest BCUT2D eigenvalue weighted by Gasteiger charge is -2.12. The normalized spacial score (nSPS) is 11.0. The maximum Gasteiger partial charge on any atom is 0.387 e. The Bertz CT molecular complexity index is 1110. The van der Waals surface area contributed by atoms with Crippen LogP contribution < -0.4 is 15.6 Å². The van der Waals surface area contributed by atoms with E-state index in [1.807, 2.05) is 0 Å². The van der Waals surface area contributed by atoms with Gasteiger partial charge in [-0.1, -0.05) is 30.3 Å². The van der Waals surface area contributed by atoms with Crippen LogP contribution in [0, 0.1) is 4.77 Å². The van der Waals surface area contributed by atoms with Gasteiger partial charge in [-0.2, -0.15) is 8.78 Å². The van der Waals surface area contributed by atoms with E-state index < -0.39 is 6.61 Å². The van der Waals surface area contributed by atoms with Crippen molar-refractivity contribution in [1.29, 1.82) is 0 Å². The number of aromatic nitrogens is 2. The zero-order valence-electron chi connectivity index (χ0n) is 14.7. The fourth-order valence-corrected chi connectivity index (χ4v) is 3.04. The van der Waals surface area contributed by atoms with E-state index in [-0.39, 0.29) is 41.5 Å². The van der Waals surface area contributed by atoms with Crippen LogP contribution in [0.25, 0.3) is 10.9 Å². The Morgan fingerprint density at radius 2 is 1.89 bits per heavy atom. The summed E-state index contributed by atoms with van der Waals surface area (Å²) in [6, 6.07) is 13.2.